The quantitative estimate of drug-likeness (QED) is 0.893. The Labute approximate surface area is 122 Å². The van der Waals surface area contributed by atoms with Crippen LogP contribution in [0.2, 0.25) is 0 Å². The second-order valence-electron chi connectivity index (χ2n) is 4.70. The molecule has 0 aromatic heterocycles. The van der Waals surface area contributed by atoms with Crippen LogP contribution in [0.4, 0.5) is 5.69 Å². The molecule has 5 nitrogen and oxygen atoms in total. The lowest BCUT2D eigenvalue weighted by Crippen LogP contribution is -2.28. The van der Waals surface area contributed by atoms with Crippen molar-refractivity contribution in [3.8, 4) is 0 Å². The van der Waals surface area contributed by atoms with Crippen molar-refractivity contribution in [3.63, 3.8) is 0 Å². The molecule has 20 heavy (non-hydrogen) atoms. The molecule has 0 saturated carbocycles. The number of benzene rings is 1. The van der Waals surface area contributed by atoms with Gasteiger partial charge < -0.3 is 10.6 Å². The maximum absolute atomic E-state index is 12.0. The minimum atomic E-state index is -0.403. The second-order valence-corrected chi connectivity index (χ2v) is 5.89. The summed E-state index contributed by atoms with van der Waals surface area (Å²) in [5.74, 6) is -0.326. The molecular formula is C14H17N3O2S. The van der Waals surface area contributed by atoms with E-state index in [9.17, 15) is 9.59 Å². The van der Waals surface area contributed by atoms with E-state index in [4.69, 9.17) is 0 Å². The molecule has 1 atom stereocenters. The first kappa shape index (κ1) is 14.6. The molecule has 1 heterocycles. The SMILES string of the molecule is CN=C1NC(=O)[C@@H](CC(=O)Nc2ccc(C)cc2C)S1. The average molecular weight is 291 g/mol. The Balaban J connectivity index is 1.98. The van der Waals surface area contributed by atoms with E-state index in [2.05, 4.69) is 15.6 Å². The summed E-state index contributed by atoms with van der Waals surface area (Å²) < 4.78 is 0. The van der Waals surface area contributed by atoms with Crippen molar-refractivity contribution in [2.75, 3.05) is 12.4 Å². The molecule has 0 radical (unpaired) electrons. The van der Waals surface area contributed by atoms with E-state index < -0.39 is 5.25 Å². The van der Waals surface area contributed by atoms with Gasteiger partial charge in [0.05, 0.1) is 0 Å². The average Bonchev–Trinajstić information content (AvgIpc) is 2.74. The third kappa shape index (κ3) is 3.39. The van der Waals surface area contributed by atoms with Crippen LogP contribution >= 0.6 is 11.8 Å². The standard InChI is InChI=1S/C14H17N3O2S/c1-8-4-5-10(9(2)6-8)16-12(18)7-11-13(19)17-14(15-3)20-11/h4-6,11H,7H2,1-3H3,(H,16,18)(H,15,17,19)/t11-/m1/s1. The molecule has 0 spiro atoms. The molecule has 1 aromatic carbocycles. The number of amidine groups is 1. The zero-order valence-electron chi connectivity index (χ0n) is 11.7. The van der Waals surface area contributed by atoms with Gasteiger partial charge in [0.1, 0.15) is 5.25 Å². The molecule has 0 unspecified atom stereocenters. The van der Waals surface area contributed by atoms with Crippen molar-refractivity contribution in [2.24, 2.45) is 4.99 Å². The van der Waals surface area contributed by atoms with Crippen LogP contribution in [-0.2, 0) is 9.59 Å². The Bertz CT molecular complexity index is 584. The van der Waals surface area contributed by atoms with Crippen molar-refractivity contribution >= 4 is 34.4 Å². The highest BCUT2D eigenvalue weighted by Crippen LogP contribution is 2.23. The summed E-state index contributed by atoms with van der Waals surface area (Å²) in [4.78, 5) is 27.6. The minimum Gasteiger partial charge on any atom is -0.326 e. The van der Waals surface area contributed by atoms with Crippen LogP contribution in [0.5, 0.6) is 0 Å². The van der Waals surface area contributed by atoms with Crippen molar-refractivity contribution in [1.82, 2.24) is 5.32 Å². The van der Waals surface area contributed by atoms with Gasteiger partial charge in [-0.2, -0.15) is 0 Å². The van der Waals surface area contributed by atoms with Crippen LogP contribution in [0.3, 0.4) is 0 Å². The van der Waals surface area contributed by atoms with E-state index in [1.54, 1.807) is 7.05 Å². The topological polar surface area (TPSA) is 70.6 Å². The van der Waals surface area contributed by atoms with E-state index in [0.717, 1.165) is 16.8 Å². The lowest BCUT2D eigenvalue weighted by Gasteiger charge is -2.10. The van der Waals surface area contributed by atoms with E-state index in [0.29, 0.717) is 5.17 Å². The van der Waals surface area contributed by atoms with Gasteiger partial charge >= 0.3 is 0 Å². The van der Waals surface area contributed by atoms with E-state index >= 15 is 0 Å². The number of carbonyl (C=O) groups excluding carboxylic acids is 2. The molecular weight excluding hydrogens is 274 g/mol. The largest absolute Gasteiger partial charge is 0.326 e. The third-order valence-corrected chi connectivity index (χ3v) is 4.18. The molecule has 6 heteroatoms. The summed E-state index contributed by atoms with van der Waals surface area (Å²) in [7, 11) is 1.61. The maximum atomic E-state index is 12.0. The highest BCUT2D eigenvalue weighted by molar-refractivity contribution is 8.15. The normalized spacial score (nSPS) is 20.1. The summed E-state index contributed by atoms with van der Waals surface area (Å²) in [6.45, 7) is 3.95. The third-order valence-electron chi connectivity index (χ3n) is 3.01. The number of nitrogens with one attached hydrogen (secondary N) is 2. The van der Waals surface area contributed by atoms with Gasteiger partial charge in [-0.05, 0) is 25.5 Å². The van der Waals surface area contributed by atoms with Gasteiger partial charge in [-0.3, -0.25) is 14.6 Å². The lowest BCUT2D eigenvalue weighted by molar-refractivity contribution is -0.122. The molecule has 2 N–H and O–H groups in total. The van der Waals surface area contributed by atoms with Crippen LogP contribution in [0.1, 0.15) is 17.5 Å². The van der Waals surface area contributed by atoms with Gasteiger partial charge in [-0.1, -0.05) is 29.5 Å². The molecule has 1 saturated heterocycles. The number of rotatable bonds is 3. The number of amides is 2. The first-order valence-electron chi connectivity index (χ1n) is 6.31. The molecule has 1 aromatic rings. The molecule has 0 bridgehead atoms. The van der Waals surface area contributed by atoms with Crippen molar-refractivity contribution < 1.29 is 9.59 Å². The van der Waals surface area contributed by atoms with Gasteiger partial charge in [0, 0.05) is 19.2 Å². The zero-order valence-corrected chi connectivity index (χ0v) is 12.5. The van der Waals surface area contributed by atoms with Crippen LogP contribution in [0, 0.1) is 13.8 Å². The lowest BCUT2D eigenvalue weighted by atomic mass is 10.1. The van der Waals surface area contributed by atoms with Crippen LogP contribution in [0.25, 0.3) is 0 Å². The maximum Gasteiger partial charge on any atom is 0.240 e. The number of hydrogen-bond acceptors (Lipinski definition) is 4. The highest BCUT2D eigenvalue weighted by atomic mass is 32.2. The molecule has 106 valence electrons. The summed E-state index contributed by atoms with van der Waals surface area (Å²) in [6.07, 6.45) is 0.142. The summed E-state index contributed by atoms with van der Waals surface area (Å²) in [5, 5.41) is 5.65. The molecule has 2 amide bonds. The Hall–Kier alpha value is -1.82. The number of hydrogen-bond donors (Lipinski definition) is 2. The number of aliphatic imine (C=N–C) groups is 1. The first-order chi connectivity index (χ1) is 9.49. The fourth-order valence-corrected chi connectivity index (χ4v) is 2.91. The summed E-state index contributed by atoms with van der Waals surface area (Å²) >= 11 is 1.29. The Morgan fingerprint density at radius 3 is 2.80 bits per heavy atom. The molecule has 1 fully saturated rings. The Kier molecular flexibility index (Phi) is 4.44. The van der Waals surface area contributed by atoms with E-state index in [-0.39, 0.29) is 18.2 Å². The van der Waals surface area contributed by atoms with Crippen LogP contribution < -0.4 is 10.6 Å². The number of anilines is 1. The minimum absolute atomic E-state index is 0.142. The van der Waals surface area contributed by atoms with Crippen LogP contribution in [0.15, 0.2) is 23.2 Å². The van der Waals surface area contributed by atoms with Gasteiger partial charge in [-0.25, -0.2) is 0 Å². The molecule has 1 aliphatic rings. The predicted octanol–water partition coefficient (Wildman–Crippen LogP) is 1.85. The zero-order chi connectivity index (χ0) is 14.7. The Morgan fingerprint density at radius 1 is 1.45 bits per heavy atom. The van der Waals surface area contributed by atoms with E-state index in [1.165, 1.54) is 11.8 Å². The van der Waals surface area contributed by atoms with Gasteiger partial charge in [0.15, 0.2) is 5.17 Å². The monoisotopic (exact) mass is 291 g/mol. The molecule has 0 aliphatic carbocycles. The fourth-order valence-electron chi connectivity index (χ4n) is 1.97. The van der Waals surface area contributed by atoms with Crippen molar-refractivity contribution in [2.45, 2.75) is 25.5 Å². The van der Waals surface area contributed by atoms with Gasteiger partial charge in [0.25, 0.3) is 0 Å². The summed E-state index contributed by atoms with van der Waals surface area (Å²) in [5.41, 5.74) is 2.95. The van der Waals surface area contributed by atoms with Crippen LogP contribution in [-0.4, -0.2) is 29.3 Å². The number of aryl methyl sites for hydroxylation is 2. The van der Waals surface area contributed by atoms with E-state index in [1.807, 2.05) is 32.0 Å². The fraction of sp³-hybridized carbons (Fsp3) is 0.357. The van der Waals surface area contributed by atoms with Gasteiger partial charge in [0.2, 0.25) is 11.8 Å². The number of carbonyl (C=O) groups is 2. The molecule has 1 aliphatic heterocycles. The first-order valence-corrected chi connectivity index (χ1v) is 7.19. The highest BCUT2D eigenvalue weighted by Gasteiger charge is 2.31. The van der Waals surface area contributed by atoms with Gasteiger partial charge in [-0.15, -0.1) is 0 Å². The van der Waals surface area contributed by atoms with Crippen molar-refractivity contribution in [1.29, 1.82) is 0 Å². The predicted molar refractivity (Wildman–Crippen MR) is 82.0 cm³/mol. The number of nitrogens with zero attached hydrogens (tertiary/aromatic N) is 1. The second kappa shape index (κ2) is 6.09. The number of thioether (sulfide) groups is 1. The molecule has 2 rings (SSSR count). The Morgan fingerprint density at radius 2 is 2.20 bits per heavy atom. The smallest absolute Gasteiger partial charge is 0.240 e. The summed E-state index contributed by atoms with van der Waals surface area (Å²) in [6, 6.07) is 5.83. The van der Waals surface area contributed by atoms with Crippen molar-refractivity contribution in [3.05, 3.63) is 29.3 Å².